The maximum absolute atomic E-state index is 12.6. The number of esters is 1. The third kappa shape index (κ3) is 4.38. The zero-order valence-electron chi connectivity index (χ0n) is 14.4. The molecule has 0 aromatic heterocycles. The van der Waals surface area contributed by atoms with Crippen molar-refractivity contribution in [2.75, 3.05) is 19.0 Å². The molecule has 1 aliphatic carbocycles. The number of anilines is 1. The van der Waals surface area contributed by atoms with Crippen LogP contribution >= 0.6 is 0 Å². The van der Waals surface area contributed by atoms with E-state index in [1.165, 1.54) is 0 Å². The molecule has 2 aromatic rings. The first kappa shape index (κ1) is 17.0. The van der Waals surface area contributed by atoms with E-state index in [2.05, 4.69) is 5.32 Å². The Kier molecular flexibility index (Phi) is 5.03. The van der Waals surface area contributed by atoms with Crippen LogP contribution in [0.2, 0.25) is 0 Å². The van der Waals surface area contributed by atoms with Crippen molar-refractivity contribution in [3.05, 3.63) is 65.7 Å². The van der Waals surface area contributed by atoms with Crippen LogP contribution in [0.4, 0.5) is 5.69 Å². The fraction of sp³-hybridized carbons (Fsp3) is 0.300. The summed E-state index contributed by atoms with van der Waals surface area (Å²) in [7, 11) is 3.81. The van der Waals surface area contributed by atoms with E-state index >= 15 is 0 Å². The molecule has 0 aliphatic heterocycles. The maximum Gasteiger partial charge on any atom is 0.339 e. The van der Waals surface area contributed by atoms with Crippen molar-refractivity contribution in [3.63, 3.8) is 0 Å². The van der Waals surface area contributed by atoms with Crippen LogP contribution in [0, 0.1) is 0 Å². The number of ether oxygens (including phenoxy) is 1. The average Bonchev–Trinajstić information content (AvgIpc) is 3.44. The summed E-state index contributed by atoms with van der Waals surface area (Å²) in [6.07, 6.45) is 1.01. The summed E-state index contributed by atoms with van der Waals surface area (Å²) in [6.45, 7) is 0. The van der Waals surface area contributed by atoms with E-state index in [1.54, 1.807) is 30.3 Å². The molecule has 0 bridgehead atoms. The highest BCUT2D eigenvalue weighted by atomic mass is 16.5. The Bertz CT molecular complexity index is 755. The van der Waals surface area contributed by atoms with Gasteiger partial charge in [-0.2, -0.15) is 0 Å². The summed E-state index contributed by atoms with van der Waals surface area (Å²) in [6, 6.07) is 16.5. The number of nitrogens with one attached hydrogen (secondary N) is 1. The van der Waals surface area contributed by atoms with Crippen LogP contribution in [0.5, 0.6) is 0 Å². The van der Waals surface area contributed by atoms with Crippen molar-refractivity contribution < 1.29 is 14.3 Å². The van der Waals surface area contributed by atoms with Gasteiger partial charge in [0.25, 0.3) is 5.91 Å². The molecule has 5 nitrogen and oxygen atoms in total. The quantitative estimate of drug-likeness (QED) is 0.823. The molecule has 1 fully saturated rings. The molecule has 0 spiro atoms. The first-order valence-electron chi connectivity index (χ1n) is 8.38. The highest BCUT2D eigenvalue weighted by molar-refractivity contribution is 5.93. The first-order valence-corrected chi connectivity index (χ1v) is 8.38. The molecule has 0 unspecified atom stereocenters. The average molecular weight is 338 g/mol. The summed E-state index contributed by atoms with van der Waals surface area (Å²) in [5.41, 5.74) is 1.98. The van der Waals surface area contributed by atoms with E-state index in [0.29, 0.717) is 11.1 Å². The number of carbonyl (C=O) groups excluding carboxylic acids is 2. The first-order chi connectivity index (χ1) is 12.0. The standard InChI is InChI=1S/C20H22N2O3/c1-22(2)17-10-6-9-15(13-17)20(24)25-18(14-7-4-3-5-8-14)19(23)21-16-11-12-16/h3-10,13,16,18H,11-12H2,1-2H3,(H,21,23)/t18-/m0/s1. The highest BCUT2D eigenvalue weighted by Crippen LogP contribution is 2.24. The summed E-state index contributed by atoms with van der Waals surface area (Å²) in [4.78, 5) is 27.0. The Morgan fingerprint density at radius 2 is 1.80 bits per heavy atom. The monoisotopic (exact) mass is 338 g/mol. The molecule has 1 amide bonds. The van der Waals surface area contributed by atoms with Gasteiger partial charge in [-0.1, -0.05) is 36.4 Å². The lowest BCUT2D eigenvalue weighted by molar-refractivity contribution is -0.130. The normalized spacial score (nSPS) is 14.5. The van der Waals surface area contributed by atoms with Gasteiger partial charge in [-0.3, -0.25) is 4.79 Å². The van der Waals surface area contributed by atoms with Gasteiger partial charge in [-0.25, -0.2) is 4.79 Å². The second-order valence-electron chi connectivity index (χ2n) is 6.42. The molecule has 3 rings (SSSR count). The molecular weight excluding hydrogens is 316 g/mol. The number of benzene rings is 2. The highest BCUT2D eigenvalue weighted by Gasteiger charge is 2.31. The van der Waals surface area contributed by atoms with E-state index in [-0.39, 0.29) is 11.9 Å². The van der Waals surface area contributed by atoms with Gasteiger partial charge in [0.15, 0.2) is 0 Å². The molecule has 0 heterocycles. The van der Waals surface area contributed by atoms with Gasteiger partial charge < -0.3 is 15.0 Å². The van der Waals surface area contributed by atoms with E-state index in [4.69, 9.17) is 4.74 Å². The fourth-order valence-electron chi connectivity index (χ4n) is 2.49. The molecule has 2 aromatic carbocycles. The smallest absolute Gasteiger partial charge is 0.339 e. The van der Waals surface area contributed by atoms with Crippen LogP contribution in [0.1, 0.15) is 34.9 Å². The van der Waals surface area contributed by atoms with Crippen molar-refractivity contribution in [1.82, 2.24) is 5.32 Å². The van der Waals surface area contributed by atoms with Crippen molar-refractivity contribution in [2.24, 2.45) is 0 Å². The molecule has 1 N–H and O–H groups in total. The third-order valence-corrected chi connectivity index (χ3v) is 4.09. The molecule has 1 aliphatic rings. The molecule has 0 saturated heterocycles. The van der Waals surface area contributed by atoms with Crippen molar-refractivity contribution in [3.8, 4) is 0 Å². The van der Waals surface area contributed by atoms with Gasteiger partial charge in [0, 0.05) is 31.4 Å². The summed E-state index contributed by atoms with van der Waals surface area (Å²) in [5, 5.41) is 2.91. The minimum Gasteiger partial charge on any atom is -0.444 e. The Labute approximate surface area is 147 Å². The van der Waals surface area contributed by atoms with Crippen LogP contribution in [-0.4, -0.2) is 32.0 Å². The van der Waals surface area contributed by atoms with Crippen molar-refractivity contribution >= 4 is 17.6 Å². The molecular formula is C20H22N2O3. The minimum absolute atomic E-state index is 0.203. The summed E-state index contributed by atoms with van der Waals surface area (Å²) < 4.78 is 5.58. The lowest BCUT2D eigenvalue weighted by atomic mass is 10.1. The predicted molar refractivity (Wildman–Crippen MR) is 96.5 cm³/mol. The second kappa shape index (κ2) is 7.38. The van der Waals surface area contributed by atoms with Crippen molar-refractivity contribution in [2.45, 2.75) is 25.0 Å². The third-order valence-electron chi connectivity index (χ3n) is 4.09. The van der Waals surface area contributed by atoms with Crippen LogP contribution < -0.4 is 10.2 Å². The van der Waals surface area contributed by atoms with Gasteiger partial charge >= 0.3 is 5.97 Å². The topological polar surface area (TPSA) is 58.6 Å². The van der Waals surface area contributed by atoms with Gasteiger partial charge in [-0.05, 0) is 31.0 Å². The summed E-state index contributed by atoms with van der Waals surface area (Å²) >= 11 is 0. The Morgan fingerprint density at radius 1 is 1.08 bits per heavy atom. The number of amides is 1. The lowest BCUT2D eigenvalue weighted by Gasteiger charge is -2.19. The number of hydrogen-bond donors (Lipinski definition) is 1. The van der Waals surface area contributed by atoms with Gasteiger partial charge in [-0.15, -0.1) is 0 Å². The van der Waals surface area contributed by atoms with Gasteiger partial charge in [0.2, 0.25) is 6.10 Å². The fourth-order valence-corrected chi connectivity index (χ4v) is 2.49. The molecule has 130 valence electrons. The molecule has 1 saturated carbocycles. The summed E-state index contributed by atoms with van der Waals surface area (Å²) in [5.74, 6) is -0.783. The van der Waals surface area contributed by atoms with Crippen LogP contribution in [0.25, 0.3) is 0 Å². The van der Waals surface area contributed by atoms with E-state index in [9.17, 15) is 9.59 Å². The van der Waals surface area contributed by atoms with Gasteiger partial charge in [0.05, 0.1) is 5.56 Å². The zero-order chi connectivity index (χ0) is 17.8. The van der Waals surface area contributed by atoms with E-state index in [1.807, 2.05) is 43.3 Å². The SMILES string of the molecule is CN(C)c1cccc(C(=O)O[C@H](C(=O)NC2CC2)c2ccccc2)c1. The molecule has 25 heavy (non-hydrogen) atoms. The molecule has 5 heteroatoms. The number of carbonyl (C=O) groups is 2. The largest absolute Gasteiger partial charge is 0.444 e. The number of hydrogen-bond acceptors (Lipinski definition) is 4. The second-order valence-corrected chi connectivity index (χ2v) is 6.42. The Balaban J connectivity index is 1.80. The van der Waals surface area contributed by atoms with Gasteiger partial charge in [0.1, 0.15) is 0 Å². The Morgan fingerprint density at radius 3 is 2.44 bits per heavy atom. The van der Waals surface area contributed by atoms with Crippen LogP contribution in [-0.2, 0) is 9.53 Å². The minimum atomic E-state index is -0.947. The van der Waals surface area contributed by atoms with Crippen molar-refractivity contribution in [1.29, 1.82) is 0 Å². The molecule has 1 atom stereocenters. The maximum atomic E-state index is 12.6. The predicted octanol–water partition coefficient (Wildman–Crippen LogP) is 2.93. The van der Waals surface area contributed by atoms with E-state index < -0.39 is 12.1 Å². The lowest BCUT2D eigenvalue weighted by Crippen LogP contribution is -2.33. The van der Waals surface area contributed by atoms with Crippen LogP contribution in [0.15, 0.2) is 54.6 Å². The number of rotatable bonds is 6. The Hall–Kier alpha value is -2.82. The molecule has 0 radical (unpaired) electrons. The van der Waals surface area contributed by atoms with E-state index in [0.717, 1.165) is 18.5 Å². The number of nitrogens with zero attached hydrogens (tertiary/aromatic N) is 1. The zero-order valence-corrected chi connectivity index (χ0v) is 14.4. The van der Waals surface area contributed by atoms with Crippen LogP contribution in [0.3, 0.4) is 0 Å².